The Labute approximate surface area is 142 Å². The molecule has 0 saturated carbocycles. The van der Waals surface area contributed by atoms with Crippen molar-refractivity contribution < 1.29 is 9.53 Å². The van der Waals surface area contributed by atoms with Crippen molar-refractivity contribution in [3.05, 3.63) is 65.2 Å². The molecule has 1 N–H and O–H groups in total. The Morgan fingerprint density at radius 2 is 1.79 bits per heavy atom. The summed E-state index contributed by atoms with van der Waals surface area (Å²) in [5, 5.41) is 12.2. The van der Waals surface area contributed by atoms with Gasteiger partial charge in [-0.15, -0.1) is 0 Å². The van der Waals surface area contributed by atoms with Crippen LogP contribution in [-0.2, 0) is 17.9 Å². The number of benzene rings is 2. The SMILES string of the molecule is CN(C)C(=O)COc1cccc(CNCc2cccc(C#N)c2)c1. The van der Waals surface area contributed by atoms with Crippen molar-refractivity contribution in [2.45, 2.75) is 13.1 Å². The number of rotatable bonds is 7. The summed E-state index contributed by atoms with van der Waals surface area (Å²) in [6.07, 6.45) is 0. The van der Waals surface area contributed by atoms with Gasteiger partial charge in [-0.2, -0.15) is 5.26 Å². The molecule has 0 aliphatic rings. The maximum Gasteiger partial charge on any atom is 0.259 e. The lowest BCUT2D eigenvalue weighted by atomic mass is 10.1. The van der Waals surface area contributed by atoms with E-state index in [9.17, 15) is 4.79 Å². The first-order valence-corrected chi connectivity index (χ1v) is 7.70. The largest absolute Gasteiger partial charge is 0.484 e. The molecule has 0 heterocycles. The maximum atomic E-state index is 11.5. The van der Waals surface area contributed by atoms with Gasteiger partial charge >= 0.3 is 0 Å². The molecule has 0 aliphatic carbocycles. The number of likely N-dealkylation sites (N-methyl/N-ethyl adjacent to an activating group) is 1. The fourth-order valence-corrected chi connectivity index (χ4v) is 2.12. The van der Waals surface area contributed by atoms with Crippen LogP contribution in [0.25, 0.3) is 0 Å². The Morgan fingerprint density at radius 1 is 1.12 bits per heavy atom. The van der Waals surface area contributed by atoms with E-state index in [2.05, 4.69) is 11.4 Å². The summed E-state index contributed by atoms with van der Waals surface area (Å²) in [4.78, 5) is 13.0. The predicted molar refractivity (Wildman–Crippen MR) is 92.3 cm³/mol. The van der Waals surface area contributed by atoms with E-state index in [4.69, 9.17) is 10.00 Å². The minimum Gasteiger partial charge on any atom is -0.484 e. The smallest absolute Gasteiger partial charge is 0.259 e. The normalized spacial score (nSPS) is 10.0. The molecule has 0 atom stereocenters. The third-order valence-electron chi connectivity index (χ3n) is 3.47. The molecule has 2 aromatic carbocycles. The molecular weight excluding hydrogens is 302 g/mol. The number of hydrogen-bond donors (Lipinski definition) is 1. The fraction of sp³-hybridized carbons (Fsp3) is 0.263. The van der Waals surface area contributed by atoms with Crippen molar-refractivity contribution in [1.29, 1.82) is 5.26 Å². The highest BCUT2D eigenvalue weighted by Crippen LogP contribution is 2.13. The van der Waals surface area contributed by atoms with Crippen molar-refractivity contribution in [3.8, 4) is 11.8 Å². The Hall–Kier alpha value is -2.84. The molecule has 0 aliphatic heterocycles. The van der Waals surface area contributed by atoms with Crippen molar-refractivity contribution in [1.82, 2.24) is 10.2 Å². The number of amides is 1. The zero-order valence-corrected chi connectivity index (χ0v) is 14.0. The van der Waals surface area contributed by atoms with Crippen LogP contribution in [-0.4, -0.2) is 31.5 Å². The molecule has 24 heavy (non-hydrogen) atoms. The molecule has 0 spiro atoms. The van der Waals surface area contributed by atoms with E-state index in [-0.39, 0.29) is 12.5 Å². The lowest BCUT2D eigenvalue weighted by Crippen LogP contribution is -2.27. The first-order chi connectivity index (χ1) is 11.6. The highest BCUT2D eigenvalue weighted by molar-refractivity contribution is 5.77. The van der Waals surface area contributed by atoms with E-state index in [1.54, 1.807) is 20.2 Å². The van der Waals surface area contributed by atoms with Crippen molar-refractivity contribution in [3.63, 3.8) is 0 Å². The molecule has 0 bridgehead atoms. The monoisotopic (exact) mass is 323 g/mol. The second-order valence-electron chi connectivity index (χ2n) is 5.64. The summed E-state index contributed by atoms with van der Waals surface area (Å²) in [5.74, 6) is 0.604. The van der Waals surface area contributed by atoms with Gasteiger partial charge in [0.25, 0.3) is 5.91 Å². The molecule has 1 amide bonds. The molecule has 0 aromatic heterocycles. The average Bonchev–Trinajstić information content (AvgIpc) is 2.60. The van der Waals surface area contributed by atoms with Crippen LogP contribution in [0.4, 0.5) is 0 Å². The molecule has 5 heteroatoms. The first-order valence-electron chi connectivity index (χ1n) is 7.70. The van der Waals surface area contributed by atoms with Crippen LogP contribution in [0.2, 0.25) is 0 Å². The van der Waals surface area contributed by atoms with Crippen LogP contribution in [0.15, 0.2) is 48.5 Å². The molecule has 0 fully saturated rings. The lowest BCUT2D eigenvalue weighted by molar-refractivity contribution is -0.130. The van der Waals surface area contributed by atoms with E-state index >= 15 is 0 Å². The van der Waals surface area contributed by atoms with Gasteiger partial charge in [0.05, 0.1) is 11.6 Å². The second kappa shape index (κ2) is 8.70. The van der Waals surface area contributed by atoms with Crippen LogP contribution < -0.4 is 10.1 Å². The number of hydrogen-bond acceptors (Lipinski definition) is 4. The topological polar surface area (TPSA) is 65.4 Å². The molecule has 2 rings (SSSR count). The summed E-state index contributed by atoms with van der Waals surface area (Å²) in [7, 11) is 3.40. The first kappa shape index (κ1) is 17.5. The van der Waals surface area contributed by atoms with Crippen LogP contribution in [0.5, 0.6) is 5.75 Å². The molecule has 2 aromatic rings. The van der Waals surface area contributed by atoms with E-state index in [0.29, 0.717) is 24.4 Å². The van der Waals surface area contributed by atoms with Gasteiger partial charge in [-0.3, -0.25) is 4.79 Å². The summed E-state index contributed by atoms with van der Waals surface area (Å²) in [6, 6.07) is 17.3. The Bertz CT molecular complexity index is 735. The highest BCUT2D eigenvalue weighted by Gasteiger charge is 2.05. The Morgan fingerprint density at radius 3 is 2.46 bits per heavy atom. The summed E-state index contributed by atoms with van der Waals surface area (Å²) in [5.41, 5.74) is 2.80. The van der Waals surface area contributed by atoms with E-state index in [1.165, 1.54) is 4.90 Å². The average molecular weight is 323 g/mol. The fourth-order valence-electron chi connectivity index (χ4n) is 2.12. The van der Waals surface area contributed by atoms with Crippen LogP contribution >= 0.6 is 0 Å². The number of nitriles is 1. The number of nitrogens with one attached hydrogen (secondary N) is 1. The van der Waals surface area contributed by atoms with Crippen LogP contribution in [0, 0.1) is 11.3 Å². The minimum absolute atomic E-state index is 0.0326. The Balaban J connectivity index is 1.85. The number of ether oxygens (including phenoxy) is 1. The van der Waals surface area contributed by atoms with Gasteiger partial charge in [-0.05, 0) is 35.4 Å². The molecule has 0 saturated heterocycles. The predicted octanol–water partition coefficient (Wildman–Crippen LogP) is 2.32. The van der Waals surface area contributed by atoms with E-state index in [1.807, 2.05) is 42.5 Å². The standard InChI is InChI=1S/C19H21N3O2/c1-22(2)19(23)14-24-18-8-4-7-17(10-18)13-21-12-16-6-3-5-15(9-16)11-20/h3-10,21H,12-14H2,1-2H3. The lowest BCUT2D eigenvalue weighted by Gasteiger charge is -2.12. The van der Waals surface area contributed by atoms with Gasteiger partial charge in [0.15, 0.2) is 6.61 Å². The Kier molecular flexibility index (Phi) is 6.35. The van der Waals surface area contributed by atoms with Crippen molar-refractivity contribution in [2.75, 3.05) is 20.7 Å². The summed E-state index contributed by atoms with van der Waals surface area (Å²) in [6.45, 7) is 1.39. The van der Waals surface area contributed by atoms with Gasteiger partial charge in [0, 0.05) is 27.2 Å². The van der Waals surface area contributed by atoms with Crippen LogP contribution in [0.1, 0.15) is 16.7 Å². The van der Waals surface area contributed by atoms with E-state index < -0.39 is 0 Å². The summed E-state index contributed by atoms with van der Waals surface area (Å²) >= 11 is 0. The molecule has 0 radical (unpaired) electrons. The van der Waals surface area contributed by atoms with Crippen molar-refractivity contribution >= 4 is 5.91 Å². The highest BCUT2D eigenvalue weighted by atomic mass is 16.5. The van der Waals surface area contributed by atoms with Gasteiger partial charge in [-0.1, -0.05) is 24.3 Å². The second-order valence-corrected chi connectivity index (χ2v) is 5.64. The molecule has 124 valence electrons. The van der Waals surface area contributed by atoms with E-state index in [0.717, 1.165) is 11.1 Å². The van der Waals surface area contributed by atoms with Gasteiger partial charge in [-0.25, -0.2) is 0 Å². The molecular formula is C19H21N3O2. The minimum atomic E-state index is -0.0732. The zero-order chi connectivity index (χ0) is 17.4. The van der Waals surface area contributed by atoms with Gasteiger partial charge in [0.2, 0.25) is 0 Å². The third-order valence-corrected chi connectivity index (χ3v) is 3.47. The molecule has 0 unspecified atom stereocenters. The van der Waals surface area contributed by atoms with Crippen molar-refractivity contribution in [2.24, 2.45) is 0 Å². The number of carbonyl (C=O) groups excluding carboxylic acids is 1. The zero-order valence-electron chi connectivity index (χ0n) is 14.0. The number of carbonyl (C=O) groups is 1. The maximum absolute atomic E-state index is 11.5. The quantitative estimate of drug-likeness (QED) is 0.849. The van der Waals surface area contributed by atoms with Gasteiger partial charge < -0.3 is 15.0 Å². The van der Waals surface area contributed by atoms with Crippen LogP contribution in [0.3, 0.4) is 0 Å². The molecule has 5 nitrogen and oxygen atoms in total. The van der Waals surface area contributed by atoms with Gasteiger partial charge in [0.1, 0.15) is 5.75 Å². The number of nitrogens with zero attached hydrogens (tertiary/aromatic N) is 2. The summed E-state index contributed by atoms with van der Waals surface area (Å²) < 4.78 is 5.51. The third kappa shape index (κ3) is 5.41.